The summed E-state index contributed by atoms with van der Waals surface area (Å²) < 4.78 is 22.5. The smallest absolute Gasteiger partial charge is 0.287 e. The molecule has 0 aliphatic rings. The molecule has 0 unspecified atom stereocenters. The zero-order valence-electron chi connectivity index (χ0n) is 12.0. The van der Waals surface area contributed by atoms with Crippen molar-refractivity contribution in [1.29, 1.82) is 0 Å². The summed E-state index contributed by atoms with van der Waals surface area (Å²) in [5.74, 6) is 0.535. The van der Waals surface area contributed by atoms with Gasteiger partial charge in [-0.25, -0.2) is 0 Å². The Kier molecular flexibility index (Phi) is 6.18. The zero-order valence-corrected chi connectivity index (χ0v) is 13.6. The normalized spacial score (nSPS) is 12.1. The van der Waals surface area contributed by atoms with E-state index in [4.69, 9.17) is 20.8 Å². The molecule has 0 radical (unpaired) electrons. The molecular weight excluding hydrogens is 326 g/mol. The first-order chi connectivity index (χ1) is 10.6. The third kappa shape index (κ3) is 4.69. The number of furan rings is 1. The van der Waals surface area contributed by atoms with Gasteiger partial charge in [0.15, 0.2) is 5.76 Å². The van der Waals surface area contributed by atoms with Gasteiger partial charge in [0.2, 0.25) is 0 Å². The van der Waals surface area contributed by atoms with Crippen LogP contribution < -0.4 is 5.32 Å². The van der Waals surface area contributed by atoms with Crippen LogP contribution in [0.25, 0.3) is 0 Å². The van der Waals surface area contributed by atoms with Gasteiger partial charge in [-0.05, 0) is 30.3 Å². The number of ether oxygens (including phenoxy) is 1. The van der Waals surface area contributed by atoms with Crippen molar-refractivity contribution in [3.8, 4) is 0 Å². The van der Waals surface area contributed by atoms with Gasteiger partial charge in [0.25, 0.3) is 5.91 Å². The van der Waals surface area contributed by atoms with Crippen LogP contribution in [0.2, 0.25) is 5.02 Å². The molecule has 2 rings (SSSR count). The Morgan fingerprint density at radius 3 is 2.91 bits per heavy atom. The summed E-state index contributed by atoms with van der Waals surface area (Å²) in [6.07, 6.45) is 0. The number of hydrogen-bond acceptors (Lipinski definition) is 4. The van der Waals surface area contributed by atoms with Crippen molar-refractivity contribution in [3.05, 3.63) is 52.9 Å². The van der Waals surface area contributed by atoms with Crippen molar-refractivity contribution in [2.24, 2.45) is 0 Å². The van der Waals surface area contributed by atoms with E-state index in [2.05, 4.69) is 5.32 Å². The minimum Gasteiger partial charge on any atom is -0.455 e. The SMILES string of the molecule is COCCNC(=O)c1ccc(C[S@@](=O)c2cccc(Cl)c2)o1. The second-order valence-corrected chi connectivity index (χ2v) is 6.35. The van der Waals surface area contributed by atoms with E-state index in [0.717, 1.165) is 0 Å². The maximum absolute atomic E-state index is 12.2. The average molecular weight is 342 g/mol. The summed E-state index contributed by atoms with van der Waals surface area (Å²) in [6, 6.07) is 10.1. The Bertz CT molecular complexity index is 671. The number of amides is 1. The van der Waals surface area contributed by atoms with Crippen LogP contribution in [0.1, 0.15) is 16.3 Å². The lowest BCUT2D eigenvalue weighted by Gasteiger charge is -2.02. The average Bonchev–Trinajstić information content (AvgIpc) is 2.96. The van der Waals surface area contributed by atoms with Crippen LogP contribution in [0.3, 0.4) is 0 Å². The van der Waals surface area contributed by atoms with Gasteiger partial charge in [0.05, 0.1) is 23.2 Å². The molecule has 1 amide bonds. The molecule has 1 heterocycles. The van der Waals surface area contributed by atoms with Crippen LogP contribution in [0.4, 0.5) is 0 Å². The first-order valence-electron chi connectivity index (χ1n) is 6.60. The van der Waals surface area contributed by atoms with Crippen molar-refractivity contribution in [1.82, 2.24) is 5.32 Å². The Labute approximate surface area is 136 Å². The fraction of sp³-hybridized carbons (Fsp3) is 0.267. The summed E-state index contributed by atoms with van der Waals surface area (Å²) in [5.41, 5.74) is 0. The third-order valence-electron chi connectivity index (χ3n) is 2.81. The van der Waals surface area contributed by atoms with Crippen LogP contribution in [0.5, 0.6) is 0 Å². The molecule has 2 aromatic rings. The van der Waals surface area contributed by atoms with Crippen LogP contribution in [-0.4, -0.2) is 30.4 Å². The second kappa shape index (κ2) is 8.12. The summed E-state index contributed by atoms with van der Waals surface area (Å²) in [7, 11) is 0.277. The fourth-order valence-electron chi connectivity index (χ4n) is 1.75. The second-order valence-electron chi connectivity index (χ2n) is 4.46. The number of rotatable bonds is 7. The molecule has 7 heteroatoms. The minimum absolute atomic E-state index is 0.186. The Hall–Kier alpha value is -1.63. The van der Waals surface area contributed by atoms with Crippen LogP contribution >= 0.6 is 11.6 Å². The maximum Gasteiger partial charge on any atom is 0.287 e. The monoisotopic (exact) mass is 341 g/mol. The van der Waals surface area contributed by atoms with Gasteiger partial charge in [-0.2, -0.15) is 0 Å². The van der Waals surface area contributed by atoms with Gasteiger partial charge in [-0.15, -0.1) is 0 Å². The first kappa shape index (κ1) is 16.7. The standard InChI is InChI=1S/C15H16ClNO4S/c1-20-8-7-17-15(18)14-6-5-12(21-14)10-22(19)13-4-2-3-11(16)9-13/h2-6,9H,7-8,10H2,1H3,(H,17,18)/t22-/m1/s1. The van der Waals surface area contributed by atoms with Gasteiger partial charge in [-0.3, -0.25) is 9.00 Å². The molecule has 0 saturated carbocycles. The molecule has 0 aliphatic heterocycles. The first-order valence-corrected chi connectivity index (χ1v) is 8.29. The van der Waals surface area contributed by atoms with Gasteiger partial charge in [0, 0.05) is 23.6 Å². The fourth-order valence-corrected chi connectivity index (χ4v) is 3.08. The summed E-state index contributed by atoms with van der Waals surface area (Å²) >= 11 is 5.88. The number of carbonyl (C=O) groups excluding carboxylic acids is 1. The van der Waals surface area contributed by atoms with E-state index in [-0.39, 0.29) is 17.4 Å². The molecule has 1 N–H and O–H groups in total. The van der Waals surface area contributed by atoms with Crippen molar-refractivity contribution in [3.63, 3.8) is 0 Å². The van der Waals surface area contributed by atoms with Crippen molar-refractivity contribution in [2.75, 3.05) is 20.3 Å². The van der Waals surface area contributed by atoms with Gasteiger partial charge in [0.1, 0.15) is 5.76 Å². The molecule has 0 bridgehead atoms. The van der Waals surface area contributed by atoms with Gasteiger partial charge < -0.3 is 14.5 Å². The number of benzene rings is 1. The molecule has 1 aromatic heterocycles. The van der Waals surface area contributed by atoms with E-state index in [1.807, 2.05) is 0 Å². The van der Waals surface area contributed by atoms with Crippen LogP contribution in [0, 0.1) is 0 Å². The lowest BCUT2D eigenvalue weighted by Crippen LogP contribution is -2.26. The molecule has 1 aromatic carbocycles. The molecule has 22 heavy (non-hydrogen) atoms. The predicted molar refractivity (Wildman–Crippen MR) is 84.5 cm³/mol. The van der Waals surface area contributed by atoms with Crippen molar-refractivity contribution >= 4 is 28.3 Å². The Morgan fingerprint density at radius 1 is 1.36 bits per heavy atom. The van der Waals surface area contributed by atoms with Gasteiger partial charge >= 0.3 is 0 Å². The van der Waals surface area contributed by atoms with E-state index in [9.17, 15) is 9.00 Å². The molecule has 1 atom stereocenters. The largest absolute Gasteiger partial charge is 0.455 e. The Balaban J connectivity index is 1.97. The molecule has 0 fully saturated rings. The van der Waals surface area contributed by atoms with E-state index in [1.54, 1.807) is 43.5 Å². The topological polar surface area (TPSA) is 68.5 Å². The van der Waals surface area contributed by atoms with Crippen molar-refractivity contribution in [2.45, 2.75) is 10.6 Å². The Morgan fingerprint density at radius 2 is 2.18 bits per heavy atom. The van der Waals surface area contributed by atoms with Crippen LogP contribution in [-0.2, 0) is 21.3 Å². The quantitative estimate of drug-likeness (QED) is 0.786. The number of carbonyl (C=O) groups is 1. The van der Waals surface area contributed by atoms with E-state index < -0.39 is 10.8 Å². The molecule has 0 spiro atoms. The highest BCUT2D eigenvalue weighted by atomic mass is 35.5. The number of hydrogen-bond donors (Lipinski definition) is 1. The number of methoxy groups -OCH3 is 1. The molecule has 0 saturated heterocycles. The maximum atomic E-state index is 12.2. The minimum atomic E-state index is -1.28. The van der Waals surface area contributed by atoms with Gasteiger partial charge in [-0.1, -0.05) is 17.7 Å². The van der Waals surface area contributed by atoms with E-state index in [0.29, 0.717) is 28.8 Å². The van der Waals surface area contributed by atoms with E-state index >= 15 is 0 Å². The lowest BCUT2D eigenvalue weighted by atomic mass is 10.4. The molecule has 118 valence electrons. The molecule has 5 nitrogen and oxygen atoms in total. The van der Waals surface area contributed by atoms with Crippen molar-refractivity contribution < 1.29 is 18.2 Å². The van der Waals surface area contributed by atoms with Crippen LogP contribution in [0.15, 0.2) is 45.7 Å². The summed E-state index contributed by atoms with van der Waals surface area (Å²) in [5, 5.41) is 3.19. The number of halogens is 1. The number of nitrogens with one attached hydrogen (secondary N) is 1. The third-order valence-corrected chi connectivity index (χ3v) is 4.37. The highest BCUT2D eigenvalue weighted by Gasteiger charge is 2.13. The summed E-state index contributed by atoms with van der Waals surface area (Å²) in [4.78, 5) is 12.4. The highest BCUT2D eigenvalue weighted by molar-refractivity contribution is 7.84. The zero-order chi connectivity index (χ0) is 15.9. The molecular formula is C15H16ClNO4S. The highest BCUT2D eigenvalue weighted by Crippen LogP contribution is 2.18. The lowest BCUT2D eigenvalue weighted by molar-refractivity contribution is 0.0908. The van der Waals surface area contributed by atoms with E-state index in [1.165, 1.54) is 0 Å². The predicted octanol–water partition coefficient (Wildman–Crippen LogP) is 2.62. The summed E-state index contributed by atoms with van der Waals surface area (Å²) in [6.45, 7) is 0.831. The molecule has 0 aliphatic carbocycles.